The molecule has 3 fully saturated rings. The van der Waals surface area contributed by atoms with Crippen LogP contribution in [0.15, 0.2) is 24.3 Å². The van der Waals surface area contributed by atoms with Gasteiger partial charge >= 0.3 is 0 Å². The van der Waals surface area contributed by atoms with Crippen molar-refractivity contribution in [2.45, 2.75) is 74.4 Å². The lowest BCUT2D eigenvalue weighted by Gasteiger charge is -2.56. The Labute approximate surface area is 180 Å². The summed E-state index contributed by atoms with van der Waals surface area (Å²) >= 11 is 0. The number of ether oxygens (including phenoxy) is 3. The van der Waals surface area contributed by atoms with Gasteiger partial charge in [0.2, 0.25) is 12.1 Å². The zero-order chi connectivity index (χ0) is 22.3. The summed E-state index contributed by atoms with van der Waals surface area (Å²) < 4.78 is 31.3. The molecule has 1 saturated carbocycles. The zero-order valence-electron chi connectivity index (χ0n) is 17.7. The number of carbonyl (C=O) groups is 1. The Balaban J connectivity index is 1.58. The molecule has 1 amide bonds. The minimum atomic E-state index is -1.95. The first-order valence-corrected chi connectivity index (χ1v) is 10.6. The molecular weight excluding hydrogens is 409 g/mol. The van der Waals surface area contributed by atoms with Gasteiger partial charge in [0.1, 0.15) is 11.9 Å². The third-order valence-electron chi connectivity index (χ3n) is 6.49. The molecule has 0 radical (unpaired) electrons. The molecule has 1 aromatic rings. The maximum Gasteiger partial charge on any atom is 0.251 e. The molecule has 9 atom stereocenters. The van der Waals surface area contributed by atoms with Gasteiger partial charge in [-0.3, -0.25) is 4.79 Å². The highest BCUT2D eigenvalue weighted by Gasteiger charge is 2.61. The van der Waals surface area contributed by atoms with Gasteiger partial charge in [-0.2, -0.15) is 0 Å². The minimum absolute atomic E-state index is 0.219. The molecule has 0 aromatic heterocycles. The van der Waals surface area contributed by atoms with Crippen molar-refractivity contribution >= 4 is 5.91 Å². The Morgan fingerprint density at radius 1 is 1.16 bits per heavy atom. The summed E-state index contributed by atoms with van der Waals surface area (Å²) in [5, 5.41) is 31.1. The highest BCUT2D eigenvalue weighted by molar-refractivity contribution is 5.94. The summed E-state index contributed by atoms with van der Waals surface area (Å²) in [6, 6.07) is 3.57. The monoisotopic (exact) mass is 439 g/mol. The first-order valence-electron chi connectivity index (χ1n) is 10.6. The van der Waals surface area contributed by atoms with Gasteiger partial charge in [0.25, 0.3) is 5.91 Å². The normalized spacial score (nSPS) is 42.4. The largest absolute Gasteiger partial charge is 0.390 e. The number of likely N-dealkylation sites (N-methyl/N-ethyl adjacent to an activating group) is 2. The van der Waals surface area contributed by atoms with E-state index in [2.05, 4.69) is 16.0 Å². The average Bonchev–Trinajstić information content (AvgIpc) is 2.73. The molecule has 172 valence electrons. The van der Waals surface area contributed by atoms with Gasteiger partial charge in [-0.1, -0.05) is 0 Å². The third-order valence-corrected chi connectivity index (χ3v) is 6.49. The van der Waals surface area contributed by atoms with Crippen LogP contribution < -0.4 is 16.0 Å². The van der Waals surface area contributed by atoms with Crippen LogP contribution >= 0.6 is 0 Å². The number of amides is 1. The van der Waals surface area contributed by atoms with Crippen molar-refractivity contribution in [1.29, 1.82) is 0 Å². The molecule has 10 heteroatoms. The van der Waals surface area contributed by atoms with Crippen molar-refractivity contribution in [3.8, 4) is 0 Å². The summed E-state index contributed by atoms with van der Waals surface area (Å²) in [6.07, 6.45) is -2.52. The predicted molar refractivity (Wildman–Crippen MR) is 108 cm³/mol. The number of carbonyl (C=O) groups excluding carboxylic acids is 1. The summed E-state index contributed by atoms with van der Waals surface area (Å²) in [5.74, 6) is -2.87. The van der Waals surface area contributed by atoms with Crippen LogP contribution in [0.5, 0.6) is 0 Å². The quantitative estimate of drug-likeness (QED) is 0.425. The molecule has 4 rings (SSSR count). The van der Waals surface area contributed by atoms with Gasteiger partial charge in [-0.15, -0.1) is 0 Å². The van der Waals surface area contributed by atoms with Crippen LogP contribution in [-0.4, -0.2) is 84.8 Å². The second-order valence-corrected chi connectivity index (χ2v) is 8.49. The van der Waals surface area contributed by atoms with Crippen LogP contribution in [0.3, 0.4) is 0 Å². The fourth-order valence-corrected chi connectivity index (χ4v) is 4.78. The molecule has 31 heavy (non-hydrogen) atoms. The first kappa shape index (κ1) is 22.5. The molecule has 2 saturated heterocycles. The van der Waals surface area contributed by atoms with E-state index in [0.29, 0.717) is 6.42 Å². The summed E-state index contributed by atoms with van der Waals surface area (Å²) in [6.45, 7) is 1.82. The molecule has 3 unspecified atom stereocenters. The van der Waals surface area contributed by atoms with Crippen LogP contribution in [0.4, 0.5) is 4.39 Å². The Hall–Kier alpha value is -1.66. The lowest BCUT2D eigenvalue weighted by molar-refractivity contribution is -0.442. The van der Waals surface area contributed by atoms with Crippen molar-refractivity contribution in [3.05, 3.63) is 35.6 Å². The van der Waals surface area contributed by atoms with E-state index >= 15 is 0 Å². The number of fused-ring (bicyclic) bond motifs is 2. The van der Waals surface area contributed by atoms with Crippen molar-refractivity contribution in [1.82, 2.24) is 16.0 Å². The SMILES string of the molecule is CN[C@H]1CC2OC3O[C@H](C)C[C@@H](NC(=O)c4ccc(F)cc4)[C@]3(O)OC2[C@@H](NC)[C@H]1O. The van der Waals surface area contributed by atoms with Crippen LogP contribution in [0.2, 0.25) is 0 Å². The van der Waals surface area contributed by atoms with E-state index in [-0.39, 0.29) is 24.1 Å². The number of hydrogen-bond acceptors (Lipinski definition) is 8. The van der Waals surface area contributed by atoms with E-state index in [9.17, 15) is 19.4 Å². The number of hydrogen-bond donors (Lipinski definition) is 5. The first-order chi connectivity index (χ1) is 14.8. The number of nitrogens with one attached hydrogen (secondary N) is 3. The lowest BCUT2D eigenvalue weighted by atomic mass is 9.81. The predicted octanol–water partition coefficient (Wildman–Crippen LogP) is -0.528. The highest BCUT2D eigenvalue weighted by Crippen LogP contribution is 2.41. The number of aliphatic hydroxyl groups is 2. The van der Waals surface area contributed by atoms with E-state index in [1.54, 1.807) is 14.1 Å². The van der Waals surface area contributed by atoms with Crippen molar-refractivity contribution in [3.63, 3.8) is 0 Å². The molecule has 0 bridgehead atoms. The highest BCUT2D eigenvalue weighted by atomic mass is 19.1. The van der Waals surface area contributed by atoms with Gasteiger partial charge in [0.15, 0.2) is 0 Å². The smallest absolute Gasteiger partial charge is 0.251 e. The second-order valence-electron chi connectivity index (χ2n) is 8.49. The van der Waals surface area contributed by atoms with Gasteiger partial charge in [-0.25, -0.2) is 4.39 Å². The molecule has 1 aliphatic carbocycles. The molecule has 1 aromatic carbocycles. The van der Waals surface area contributed by atoms with Crippen LogP contribution in [0.1, 0.15) is 30.1 Å². The number of benzene rings is 1. The Bertz CT molecular complexity index is 798. The molecule has 0 spiro atoms. The topological polar surface area (TPSA) is 121 Å². The second kappa shape index (κ2) is 8.70. The van der Waals surface area contributed by atoms with Crippen LogP contribution in [-0.2, 0) is 14.2 Å². The molecule has 2 aliphatic heterocycles. The third kappa shape index (κ3) is 4.09. The zero-order valence-corrected chi connectivity index (χ0v) is 17.7. The maximum absolute atomic E-state index is 13.2. The Morgan fingerprint density at radius 2 is 1.87 bits per heavy atom. The minimum Gasteiger partial charge on any atom is -0.390 e. The fourth-order valence-electron chi connectivity index (χ4n) is 4.78. The summed E-state index contributed by atoms with van der Waals surface area (Å²) in [5.41, 5.74) is 0.258. The Kier molecular flexibility index (Phi) is 6.32. The van der Waals surface area contributed by atoms with Crippen molar-refractivity contribution < 1.29 is 33.6 Å². The van der Waals surface area contributed by atoms with Gasteiger partial charge in [-0.05, 0) is 58.1 Å². The molecule has 2 heterocycles. The van der Waals surface area contributed by atoms with E-state index < -0.39 is 54.2 Å². The Morgan fingerprint density at radius 3 is 2.52 bits per heavy atom. The average molecular weight is 439 g/mol. The molecule has 9 nitrogen and oxygen atoms in total. The molecule has 3 aliphatic rings. The number of aliphatic hydroxyl groups excluding tert-OH is 1. The number of halogens is 1. The van der Waals surface area contributed by atoms with E-state index in [1.807, 2.05) is 6.92 Å². The van der Waals surface area contributed by atoms with E-state index in [0.717, 1.165) is 0 Å². The number of rotatable bonds is 4. The van der Waals surface area contributed by atoms with E-state index in [1.165, 1.54) is 24.3 Å². The summed E-state index contributed by atoms with van der Waals surface area (Å²) in [7, 11) is 3.47. The van der Waals surface area contributed by atoms with Gasteiger partial charge in [0, 0.05) is 11.6 Å². The molecule has 5 N–H and O–H groups in total. The molecular formula is C21H30FN3O6. The lowest BCUT2D eigenvalue weighted by Crippen LogP contribution is -2.76. The van der Waals surface area contributed by atoms with Gasteiger partial charge in [0.05, 0.1) is 30.4 Å². The van der Waals surface area contributed by atoms with E-state index in [4.69, 9.17) is 14.2 Å². The van der Waals surface area contributed by atoms with Crippen molar-refractivity contribution in [2.24, 2.45) is 0 Å². The summed E-state index contributed by atoms with van der Waals surface area (Å²) in [4.78, 5) is 12.7. The maximum atomic E-state index is 13.2. The van der Waals surface area contributed by atoms with Gasteiger partial charge < -0.3 is 40.4 Å². The fraction of sp³-hybridized carbons (Fsp3) is 0.667. The van der Waals surface area contributed by atoms with Crippen LogP contribution in [0.25, 0.3) is 0 Å². The standard InChI is InChI=1S/C21H30FN3O6/c1-10-8-15(25-19(27)11-4-6-12(22)7-5-11)21(28)20(29-10)30-14-9-13(23-2)17(26)16(24-3)18(14)31-21/h4-7,10,13-18,20,23-24,26,28H,8-9H2,1-3H3,(H,25,27)/t10-,13+,14?,15-,16+,17+,18?,20?,21+/m1/s1. The van der Waals surface area contributed by atoms with Crippen LogP contribution in [0, 0.1) is 5.82 Å². The van der Waals surface area contributed by atoms with Crippen molar-refractivity contribution in [2.75, 3.05) is 14.1 Å².